The fourth-order valence-corrected chi connectivity index (χ4v) is 1.73. The van der Waals surface area contributed by atoms with E-state index < -0.39 is 18.2 Å². The second-order valence-electron chi connectivity index (χ2n) is 5.37. The third-order valence-electron chi connectivity index (χ3n) is 3.27. The first-order valence-corrected chi connectivity index (χ1v) is 8.73. The van der Waals surface area contributed by atoms with Gasteiger partial charge in [0.25, 0.3) is 0 Å². The van der Waals surface area contributed by atoms with Crippen molar-refractivity contribution in [1.29, 1.82) is 0 Å². The number of unbranched alkanes of at least 4 members (excludes halogenated alkanes) is 3. The summed E-state index contributed by atoms with van der Waals surface area (Å²) in [5.74, 6) is -0.423. The lowest BCUT2D eigenvalue weighted by Crippen LogP contribution is -2.27. The summed E-state index contributed by atoms with van der Waals surface area (Å²) in [6.07, 6.45) is 3.96. The van der Waals surface area contributed by atoms with Gasteiger partial charge >= 0.3 is 18.2 Å². The topological polar surface area (TPSA) is 123 Å². The van der Waals surface area contributed by atoms with Crippen molar-refractivity contribution in [2.45, 2.75) is 39.5 Å². The van der Waals surface area contributed by atoms with Gasteiger partial charge < -0.3 is 30.0 Å². The largest absolute Gasteiger partial charge is 0.459 e. The van der Waals surface area contributed by atoms with Crippen molar-refractivity contribution in [2.75, 3.05) is 39.5 Å². The minimum Gasteiger partial charge on any atom is -0.459 e. The smallest absolute Gasteiger partial charge is 0.407 e. The molecular formula is C17H30N2O7. The number of carbonyl (C=O) groups excluding carboxylic acids is 3. The molecule has 0 heterocycles. The minimum atomic E-state index is -0.544. The Morgan fingerprint density at radius 2 is 1.35 bits per heavy atom. The maximum Gasteiger partial charge on any atom is 0.407 e. The summed E-state index contributed by atoms with van der Waals surface area (Å²) in [7, 11) is 0. The number of aliphatic hydroxyl groups is 1. The molecular weight excluding hydrogens is 344 g/mol. The molecule has 0 unspecified atom stereocenters. The first-order chi connectivity index (χ1) is 12.5. The SMILES string of the molecule is CC=C(C)C(=O)OCCOC(=O)NCCCCCCNC(=O)OCCO. The molecule has 0 saturated carbocycles. The first-order valence-electron chi connectivity index (χ1n) is 8.73. The number of hydrogen-bond acceptors (Lipinski definition) is 7. The summed E-state index contributed by atoms with van der Waals surface area (Å²) in [4.78, 5) is 33.8. The minimum absolute atomic E-state index is 0.00657. The summed E-state index contributed by atoms with van der Waals surface area (Å²) in [5.41, 5.74) is 0.506. The van der Waals surface area contributed by atoms with Crippen LogP contribution in [0, 0.1) is 0 Å². The highest BCUT2D eigenvalue weighted by Crippen LogP contribution is 1.98. The summed E-state index contributed by atoms with van der Waals surface area (Å²) < 4.78 is 14.4. The number of aliphatic hydroxyl groups excluding tert-OH is 1. The molecule has 0 spiro atoms. The van der Waals surface area contributed by atoms with Crippen LogP contribution in [-0.2, 0) is 19.0 Å². The number of nitrogens with one attached hydrogen (secondary N) is 2. The van der Waals surface area contributed by atoms with Crippen LogP contribution in [0.3, 0.4) is 0 Å². The zero-order valence-corrected chi connectivity index (χ0v) is 15.5. The lowest BCUT2D eigenvalue weighted by molar-refractivity contribution is -0.139. The predicted octanol–water partition coefficient (Wildman–Crippen LogP) is 1.50. The molecule has 26 heavy (non-hydrogen) atoms. The molecule has 0 aliphatic heterocycles. The summed E-state index contributed by atoms with van der Waals surface area (Å²) in [6, 6.07) is 0. The lowest BCUT2D eigenvalue weighted by atomic mass is 10.2. The van der Waals surface area contributed by atoms with E-state index in [1.807, 2.05) is 0 Å². The molecule has 0 aromatic heterocycles. The van der Waals surface area contributed by atoms with Crippen LogP contribution in [0.1, 0.15) is 39.5 Å². The molecule has 9 heteroatoms. The molecule has 0 aromatic carbocycles. The Balaban J connectivity index is 3.41. The second kappa shape index (κ2) is 16.2. The summed E-state index contributed by atoms with van der Waals surface area (Å²) >= 11 is 0. The van der Waals surface area contributed by atoms with E-state index in [0.29, 0.717) is 18.7 Å². The molecule has 0 aromatic rings. The highest BCUT2D eigenvalue weighted by atomic mass is 16.6. The lowest BCUT2D eigenvalue weighted by Gasteiger charge is -2.08. The van der Waals surface area contributed by atoms with Crippen LogP contribution in [0.25, 0.3) is 0 Å². The van der Waals surface area contributed by atoms with Crippen molar-refractivity contribution in [3.8, 4) is 0 Å². The molecule has 2 amide bonds. The molecule has 0 rings (SSSR count). The predicted molar refractivity (Wildman–Crippen MR) is 94.6 cm³/mol. The van der Waals surface area contributed by atoms with Crippen molar-refractivity contribution in [1.82, 2.24) is 10.6 Å². The van der Waals surface area contributed by atoms with Gasteiger partial charge in [-0.25, -0.2) is 14.4 Å². The van der Waals surface area contributed by atoms with Crippen LogP contribution in [0.2, 0.25) is 0 Å². The average molecular weight is 374 g/mol. The van der Waals surface area contributed by atoms with E-state index in [0.717, 1.165) is 25.7 Å². The second-order valence-corrected chi connectivity index (χ2v) is 5.37. The zero-order chi connectivity index (χ0) is 19.6. The van der Waals surface area contributed by atoms with Gasteiger partial charge in [0.15, 0.2) is 0 Å². The van der Waals surface area contributed by atoms with E-state index in [-0.39, 0.29) is 26.4 Å². The van der Waals surface area contributed by atoms with Crippen LogP contribution < -0.4 is 10.6 Å². The van der Waals surface area contributed by atoms with Crippen LogP contribution in [0.4, 0.5) is 9.59 Å². The number of rotatable bonds is 13. The number of ether oxygens (including phenoxy) is 3. The molecule has 0 radical (unpaired) electrons. The Morgan fingerprint density at radius 3 is 1.85 bits per heavy atom. The monoisotopic (exact) mass is 374 g/mol. The van der Waals surface area contributed by atoms with Crippen LogP contribution in [0.5, 0.6) is 0 Å². The fraction of sp³-hybridized carbons (Fsp3) is 0.706. The first kappa shape index (κ1) is 23.7. The van der Waals surface area contributed by atoms with Gasteiger partial charge in [-0.2, -0.15) is 0 Å². The Labute approximate surface area is 154 Å². The van der Waals surface area contributed by atoms with E-state index >= 15 is 0 Å². The van der Waals surface area contributed by atoms with Crippen molar-refractivity contribution in [3.63, 3.8) is 0 Å². The molecule has 150 valence electrons. The van der Waals surface area contributed by atoms with E-state index in [1.165, 1.54) is 0 Å². The van der Waals surface area contributed by atoms with E-state index in [1.54, 1.807) is 19.9 Å². The number of alkyl carbamates (subject to hydrolysis) is 2. The molecule has 0 saturated heterocycles. The molecule has 0 aliphatic carbocycles. The van der Waals surface area contributed by atoms with Gasteiger partial charge in [-0.3, -0.25) is 0 Å². The maximum absolute atomic E-state index is 11.4. The van der Waals surface area contributed by atoms with Crippen molar-refractivity contribution in [3.05, 3.63) is 11.6 Å². The van der Waals surface area contributed by atoms with Crippen LogP contribution in [0.15, 0.2) is 11.6 Å². The Morgan fingerprint density at radius 1 is 0.846 bits per heavy atom. The van der Waals surface area contributed by atoms with Gasteiger partial charge in [0.1, 0.15) is 19.8 Å². The van der Waals surface area contributed by atoms with Crippen LogP contribution in [-0.4, -0.2) is 62.8 Å². The Kier molecular flexibility index (Phi) is 14.8. The number of carbonyl (C=O) groups is 3. The third kappa shape index (κ3) is 14.1. The van der Waals surface area contributed by atoms with Gasteiger partial charge in [-0.1, -0.05) is 18.9 Å². The highest BCUT2D eigenvalue weighted by Gasteiger charge is 2.05. The average Bonchev–Trinajstić information content (AvgIpc) is 2.64. The molecule has 0 fully saturated rings. The Bertz CT molecular complexity index is 452. The highest BCUT2D eigenvalue weighted by molar-refractivity contribution is 5.87. The van der Waals surface area contributed by atoms with E-state index in [4.69, 9.17) is 14.6 Å². The standard InChI is InChI=1S/C17H30N2O7/c1-3-14(2)15(21)24-12-13-26-17(23)19-9-7-5-4-6-8-18-16(22)25-11-10-20/h3,20H,4-13H2,1-2H3,(H,18,22)(H,19,23). The number of hydrogen-bond donors (Lipinski definition) is 3. The quantitative estimate of drug-likeness (QED) is 0.193. The molecule has 9 nitrogen and oxygen atoms in total. The van der Waals surface area contributed by atoms with Crippen molar-refractivity contribution >= 4 is 18.2 Å². The van der Waals surface area contributed by atoms with Gasteiger partial charge in [0.2, 0.25) is 0 Å². The van der Waals surface area contributed by atoms with Gasteiger partial charge in [0, 0.05) is 18.7 Å². The summed E-state index contributed by atoms with van der Waals surface area (Å²) in [5, 5.41) is 13.7. The van der Waals surface area contributed by atoms with Crippen molar-refractivity contribution < 1.29 is 33.7 Å². The van der Waals surface area contributed by atoms with Gasteiger partial charge in [0.05, 0.1) is 6.61 Å². The number of esters is 1. The molecule has 3 N–H and O–H groups in total. The van der Waals surface area contributed by atoms with Crippen LogP contribution >= 0.6 is 0 Å². The third-order valence-corrected chi connectivity index (χ3v) is 3.27. The van der Waals surface area contributed by atoms with Gasteiger partial charge in [-0.05, 0) is 26.7 Å². The fourth-order valence-electron chi connectivity index (χ4n) is 1.73. The zero-order valence-electron chi connectivity index (χ0n) is 15.5. The number of allylic oxidation sites excluding steroid dienone is 1. The number of amides is 2. The Hall–Kier alpha value is -2.29. The molecule has 0 aliphatic rings. The normalized spacial score (nSPS) is 10.8. The van der Waals surface area contributed by atoms with Crippen molar-refractivity contribution in [2.24, 2.45) is 0 Å². The van der Waals surface area contributed by atoms with Gasteiger partial charge in [-0.15, -0.1) is 0 Å². The molecule has 0 bridgehead atoms. The van der Waals surface area contributed by atoms with E-state index in [2.05, 4.69) is 15.4 Å². The van der Waals surface area contributed by atoms with E-state index in [9.17, 15) is 14.4 Å². The maximum atomic E-state index is 11.4. The molecule has 0 atom stereocenters. The summed E-state index contributed by atoms with van der Waals surface area (Å²) in [6.45, 7) is 4.21.